The SMILES string of the molecule is CCCN1C(=O)CC(NCCC2CCN(C)CC2)C1=O. The largest absolute Gasteiger partial charge is 0.306 e. The fourth-order valence-electron chi connectivity index (χ4n) is 3.11. The van der Waals surface area contributed by atoms with E-state index in [1.54, 1.807) is 0 Å². The lowest BCUT2D eigenvalue weighted by molar-refractivity contribution is -0.138. The van der Waals surface area contributed by atoms with Gasteiger partial charge in [-0.25, -0.2) is 0 Å². The molecule has 20 heavy (non-hydrogen) atoms. The molecule has 2 rings (SSSR count). The maximum Gasteiger partial charge on any atom is 0.246 e. The standard InChI is InChI=1S/C15H27N3O2/c1-3-8-18-14(19)11-13(15(18)20)16-7-4-12-5-9-17(2)10-6-12/h12-13,16H,3-11H2,1-2H3. The second-order valence-electron chi connectivity index (χ2n) is 6.13. The molecule has 0 aromatic heterocycles. The van der Waals surface area contributed by atoms with Crippen LogP contribution in [0.5, 0.6) is 0 Å². The highest BCUT2D eigenvalue weighted by Crippen LogP contribution is 2.19. The van der Waals surface area contributed by atoms with Gasteiger partial charge in [0, 0.05) is 6.54 Å². The minimum absolute atomic E-state index is 0.0198. The average Bonchev–Trinajstić information content (AvgIpc) is 2.69. The highest BCUT2D eigenvalue weighted by atomic mass is 16.2. The molecule has 0 saturated carbocycles. The molecule has 2 aliphatic rings. The summed E-state index contributed by atoms with van der Waals surface area (Å²) in [4.78, 5) is 27.6. The molecule has 5 heteroatoms. The van der Waals surface area contributed by atoms with Crippen LogP contribution >= 0.6 is 0 Å². The highest BCUT2D eigenvalue weighted by molar-refractivity contribution is 6.05. The number of carbonyl (C=O) groups is 2. The zero-order chi connectivity index (χ0) is 14.5. The lowest BCUT2D eigenvalue weighted by Crippen LogP contribution is -2.40. The minimum atomic E-state index is -0.277. The van der Waals surface area contributed by atoms with E-state index in [2.05, 4.69) is 17.3 Å². The second-order valence-corrected chi connectivity index (χ2v) is 6.13. The number of piperidine rings is 1. The normalized spacial score (nSPS) is 25.7. The van der Waals surface area contributed by atoms with Crippen molar-refractivity contribution in [3.8, 4) is 0 Å². The summed E-state index contributed by atoms with van der Waals surface area (Å²) in [7, 11) is 2.17. The van der Waals surface area contributed by atoms with Gasteiger partial charge in [-0.2, -0.15) is 0 Å². The van der Waals surface area contributed by atoms with E-state index in [1.165, 1.54) is 30.8 Å². The van der Waals surface area contributed by atoms with Crippen molar-refractivity contribution in [2.24, 2.45) is 5.92 Å². The molecule has 2 aliphatic heterocycles. The molecule has 114 valence electrons. The van der Waals surface area contributed by atoms with Crippen LogP contribution in [0.1, 0.15) is 39.0 Å². The Morgan fingerprint density at radius 3 is 2.60 bits per heavy atom. The molecule has 0 spiro atoms. The third kappa shape index (κ3) is 3.79. The van der Waals surface area contributed by atoms with Crippen LogP contribution in [0.4, 0.5) is 0 Å². The first kappa shape index (κ1) is 15.4. The fraction of sp³-hybridized carbons (Fsp3) is 0.867. The summed E-state index contributed by atoms with van der Waals surface area (Å²) in [5.41, 5.74) is 0. The Hall–Kier alpha value is -0.940. The molecule has 0 aromatic carbocycles. The number of rotatable bonds is 6. The Morgan fingerprint density at radius 1 is 1.25 bits per heavy atom. The van der Waals surface area contributed by atoms with Crippen molar-refractivity contribution in [2.45, 2.75) is 45.1 Å². The molecule has 0 bridgehead atoms. The molecule has 2 fully saturated rings. The van der Waals surface area contributed by atoms with Crippen LogP contribution < -0.4 is 5.32 Å². The number of nitrogens with one attached hydrogen (secondary N) is 1. The Balaban J connectivity index is 1.69. The van der Waals surface area contributed by atoms with Crippen LogP contribution in [0.2, 0.25) is 0 Å². The molecule has 1 unspecified atom stereocenters. The molecule has 5 nitrogen and oxygen atoms in total. The van der Waals surface area contributed by atoms with Crippen molar-refractivity contribution < 1.29 is 9.59 Å². The van der Waals surface area contributed by atoms with Gasteiger partial charge in [0.2, 0.25) is 11.8 Å². The number of hydrogen-bond acceptors (Lipinski definition) is 4. The Kier molecular flexibility index (Phi) is 5.54. The average molecular weight is 281 g/mol. The second kappa shape index (κ2) is 7.18. The maximum atomic E-state index is 12.1. The predicted molar refractivity (Wildman–Crippen MR) is 78.3 cm³/mol. The van der Waals surface area contributed by atoms with Gasteiger partial charge in [0.15, 0.2) is 0 Å². The van der Waals surface area contributed by atoms with Crippen LogP contribution in [0, 0.1) is 5.92 Å². The van der Waals surface area contributed by atoms with Gasteiger partial charge >= 0.3 is 0 Å². The predicted octanol–water partition coefficient (Wildman–Crippen LogP) is 0.845. The summed E-state index contributed by atoms with van der Waals surface area (Å²) in [6.45, 7) is 5.75. The topological polar surface area (TPSA) is 52.7 Å². The van der Waals surface area contributed by atoms with Gasteiger partial charge in [-0.1, -0.05) is 6.92 Å². The molecule has 0 aromatic rings. The van der Waals surface area contributed by atoms with Crippen molar-refractivity contribution in [2.75, 3.05) is 33.2 Å². The molecule has 2 heterocycles. The third-order valence-electron chi connectivity index (χ3n) is 4.47. The van der Waals surface area contributed by atoms with Crippen LogP contribution in [0.3, 0.4) is 0 Å². The first-order valence-electron chi connectivity index (χ1n) is 7.88. The van der Waals surface area contributed by atoms with Gasteiger partial charge in [-0.3, -0.25) is 14.5 Å². The van der Waals surface area contributed by atoms with Gasteiger partial charge in [0.1, 0.15) is 0 Å². The number of imide groups is 1. The molecule has 0 aliphatic carbocycles. The lowest BCUT2D eigenvalue weighted by Gasteiger charge is -2.29. The van der Waals surface area contributed by atoms with Crippen LogP contribution in [0.15, 0.2) is 0 Å². The Morgan fingerprint density at radius 2 is 1.95 bits per heavy atom. The van der Waals surface area contributed by atoms with Gasteiger partial charge in [-0.05, 0) is 58.3 Å². The zero-order valence-corrected chi connectivity index (χ0v) is 12.7. The minimum Gasteiger partial charge on any atom is -0.306 e. The lowest BCUT2D eigenvalue weighted by atomic mass is 9.94. The van der Waals surface area contributed by atoms with Gasteiger partial charge in [0.25, 0.3) is 0 Å². The third-order valence-corrected chi connectivity index (χ3v) is 4.47. The van der Waals surface area contributed by atoms with E-state index in [1.807, 2.05) is 6.92 Å². The maximum absolute atomic E-state index is 12.1. The molecular weight excluding hydrogens is 254 g/mol. The van der Waals surface area contributed by atoms with E-state index in [9.17, 15) is 9.59 Å². The van der Waals surface area contributed by atoms with Gasteiger partial charge in [-0.15, -0.1) is 0 Å². The van der Waals surface area contributed by atoms with E-state index < -0.39 is 0 Å². The van der Waals surface area contributed by atoms with Gasteiger partial charge in [0.05, 0.1) is 12.5 Å². The fourth-order valence-corrected chi connectivity index (χ4v) is 3.11. The van der Waals surface area contributed by atoms with Crippen LogP contribution in [-0.2, 0) is 9.59 Å². The van der Waals surface area contributed by atoms with Crippen molar-refractivity contribution in [1.82, 2.24) is 15.1 Å². The number of carbonyl (C=O) groups excluding carboxylic acids is 2. The van der Waals surface area contributed by atoms with E-state index in [0.717, 1.165) is 25.3 Å². The highest BCUT2D eigenvalue weighted by Gasteiger charge is 2.37. The quantitative estimate of drug-likeness (QED) is 0.733. The van der Waals surface area contributed by atoms with E-state index in [4.69, 9.17) is 0 Å². The Labute approximate surface area is 121 Å². The summed E-state index contributed by atoms with van der Waals surface area (Å²) >= 11 is 0. The van der Waals surface area contributed by atoms with Gasteiger partial charge < -0.3 is 10.2 Å². The number of hydrogen-bond donors (Lipinski definition) is 1. The molecule has 1 N–H and O–H groups in total. The molecular formula is C15H27N3O2. The van der Waals surface area contributed by atoms with Crippen molar-refractivity contribution >= 4 is 11.8 Å². The molecule has 1 atom stereocenters. The van der Waals surface area contributed by atoms with Crippen molar-refractivity contribution in [1.29, 1.82) is 0 Å². The molecule has 2 saturated heterocycles. The summed E-state index contributed by atoms with van der Waals surface area (Å²) in [6, 6.07) is -0.277. The summed E-state index contributed by atoms with van der Waals surface area (Å²) in [5.74, 6) is 0.714. The van der Waals surface area contributed by atoms with Crippen molar-refractivity contribution in [3.63, 3.8) is 0 Å². The van der Waals surface area contributed by atoms with Crippen molar-refractivity contribution in [3.05, 3.63) is 0 Å². The Bertz CT molecular complexity index is 351. The number of amides is 2. The number of nitrogens with zero attached hydrogens (tertiary/aromatic N) is 2. The molecule has 0 radical (unpaired) electrons. The number of likely N-dealkylation sites (tertiary alicyclic amines) is 2. The van der Waals surface area contributed by atoms with E-state index in [0.29, 0.717) is 13.0 Å². The van der Waals surface area contributed by atoms with E-state index >= 15 is 0 Å². The summed E-state index contributed by atoms with van der Waals surface area (Å²) < 4.78 is 0. The van der Waals surface area contributed by atoms with E-state index in [-0.39, 0.29) is 17.9 Å². The zero-order valence-electron chi connectivity index (χ0n) is 12.7. The first-order chi connectivity index (χ1) is 9.61. The smallest absolute Gasteiger partial charge is 0.246 e. The summed E-state index contributed by atoms with van der Waals surface area (Å²) in [5, 5.41) is 3.28. The monoisotopic (exact) mass is 281 g/mol. The first-order valence-corrected chi connectivity index (χ1v) is 7.88. The van der Waals surface area contributed by atoms with Crippen LogP contribution in [-0.4, -0.2) is 60.9 Å². The summed E-state index contributed by atoms with van der Waals surface area (Å²) in [6.07, 6.45) is 4.78. The van der Waals surface area contributed by atoms with Crippen LogP contribution in [0.25, 0.3) is 0 Å². The molecule has 2 amide bonds.